The maximum absolute atomic E-state index is 14.1. The first-order valence-electron chi connectivity index (χ1n) is 14.6. The first-order chi connectivity index (χ1) is 20.3. The van der Waals surface area contributed by atoms with Crippen molar-refractivity contribution in [1.29, 1.82) is 0 Å². The Labute approximate surface area is 245 Å². The average molecular weight is 576 g/mol. The van der Waals surface area contributed by atoms with Crippen molar-refractivity contribution in [2.45, 2.75) is 50.6 Å². The predicted octanol–water partition coefficient (Wildman–Crippen LogP) is 4.91. The molecule has 9 nitrogen and oxygen atoms in total. The number of carboxylic acid groups (broad SMARTS) is 1. The number of nitrogens with zero attached hydrogens (tertiary/aromatic N) is 3. The highest BCUT2D eigenvalue weighted by Crippen LogP contribution is 2.29. The van der Waals surface area contributed by atoms with Crippen molar-refractivity contribution in [2.75, 3.05) is 32.7 Å². The molecule has 0 radical (unpaired) electrons. The Morgan fingerprint density at radius 1 is 1.00 bits per heavy atom. The van der Waals surface area contributed by atoms with Gasteiger partial charge in [-0.2, -0.15) is 0 Å². The van der Waals surface area contributed by atoms with E-state index in [4.69, 9.17) is 15.6 Å². The summed E-state index contributed by atoms with van der Waals surface area (Å²) in [7, 11) is 0. The highest BCUT2D eigenvalue weighted by molar-refractivity contribution is 5.96. The number of piperazine rings is 1. The Bertz CT molecular complexity index is 1390. The van der Waals surface area contributed by atoms with Crippen molar-refractivity contribution in [3.8, 4) is 22.8 Å². The van der Waals surface area contributed by atoms with Gasteiger partial charge in [0.05, 0.1) is 6.20 Å². The highest BCUT2D eigenvalue weighted by atomic mass is 19.1. The van der Waals surface area contributed by atoms with Crippen LogP contribution in [0.3, 0.4) is 0 Å². The lowest BCUT2D eigenvalue weighted by Gasteiger charge is -2.33. The molecule has 1 saturated carbocycles. The van der Waals surface area contributed by atoms with Crippen LogP contribution in [-0.2, 0) is 6.42 Å². The molecule has 2 amide bonds. The molecule has 3 aromatic rings. The number of hydrogen-bond acceptors (Lipinski definition) is 6. The van der Waals surface area contributed by atoms with E-state index in [1.165, 1.54) is 10.5 Å². The lowest BCUT2D eigenvalue weighted by molar-refractivity contribution is 0.0922. The first-order valence-corrected chi connectivity index (χ1v) is 14.6. The first kappa shape index (κ1) is 29.5. The normalized spacial score (nSPS) is 19.3. The number of aryl methyl sites for hydroxylation is 1. The van der Waals surface area contributed by atoms with Gasteiger partial charge in [-0.1, -0.05) is 36.4 Å². The standard InChI is InChI=1S/C32H38FN5O4/c33-25-20-29(30(39)36-27-11-9-26(34)10-12-27)31(35-21-25)42-28-8-2-7-24(19-28)23-6-1-4-22(18-23)5-3-13-37-14-16-38(17-15-37)32(40)41/h1-2,4,6-8,18-21,26-27H,3,5,9-17,34H2,(H,36,39)(H,40,41). The second kappa shape index (κ2) is 13.8. The summed E-state index contributed by atoms with van der Waals surface area (Å²) in [5, 5.41) is 12.1. The molecule has 1 aliphatic heterocycles. The molecule has 2 heterocycles. The van der Waals surface area contributed by atoms with Crippen molar-refractivity contribution >= 4 is 12.0 Å². The molecule has 2 aliphatic rings. The number of benzene rings is 2. The fraction of sp³-hybridized carbons (Fsp3) is 0.406. The van der Waals surface area contributed by atoms with Crippen LogP contribution in [-0.4, -0.2) is 76.7 Å². The zero-order valence-corrected chi connectivity index (χ0v) is 23.7. The molecule has 1 saturated heterocycles. The quantitative estimate of drug-likeness (QED) is 0.332. The van der Waals surface area contributed by atoms with Gasteiger partial charge >= 0.3 is 6.09 Å². The minimum Gasteiger partial charge on any atom is -0.465 e. The number of carbonyl (C=O) groups excluding carboxylic acids is 1. The van der Waals surface area contributed by atoms with Crippen LogP contribution < -0.4 is 15.8 Å². The van der Waals surface area contributed by atoms with Crippen LogP contribution >= 0.6 is 0 Å². The van der Waals surface area contributed by atoms with E-state index < -0.39 is 17.8 Å². The van der Waals surface area contributed by atoms with E-state index in [0.717, 1.165) is 81.5 Å². The van der Waals surface area contributed by atoms with Crippen molar-refractivity contribution < 1.29 is 23.8 Å². The summed E-state index contributed by atoms with van der Waals surface area (Å²) in [6.45, 7) is 3.56. The summed E-state index contributed by atoms with van der Waals surface area (Å²) in [6, 6.07) is 17.2. The second-order valence-corrected chi connectivity index (χ2v) is 11.1. The van der Waals surface area contributed by atoms with Gasteiger partial charge in [-0.15, -0.1) is 0 Å². The summed E-state index contributed by atoms with van der Waals surface area (Å²) >= 11 is 0. The molecule has 42 heavy (non-hydrogen) atoms. The molecule has 222 valence electrons. The molecule has 5 rings (SSSR count). The van der Waals surface area contributed by atoms with Crippen molar-refractivity contribution in [3.63, 3.8) is 0 Å². The molecule has 10 heteroatoms. The summed E-state index contributed by atoms with van der Waals surface area (Å²) in [6.07, 6.45) is 5.35. The van der Waals surface area contributed by atoms with Crippen LogP contribution in [0.25, 0.3) is 11.1 Å². The summed E-state index contributed by atoms with van der Waals surface area (Å²) in [5.74, 6) is -0.469. The number of hydrogen-bond donors (Lipinski definition) is 3. The third-order valence-corrected chi connectivity index (χ3v) is 8.06. The summed E-state index contributed by atoms with van der Waals surface area (Å²) < 4.78 is 20.1. The Hall–Kier alpha value is -4.02. The fourth-order valence-corrected chi connectivity index (χ4v) is 5.62. The molecule has 0 atom stereocenters. The largest absolute Gasteiger partial charge is 0.465 e. The number of pyridine rings is 1. The van der Waals surface area contributed by atoms with Crippen LogP contribution in [0.2, 0.25) is 0 Å². The van der Waals surface area contributed by atoms with E-state index in [-0.39, 0.29) is 23.5 Å². The van der Waals surface area contributed by atoms with E-state index in [2.05, 4.69) is 27.3 Å². The highest BCUT2D eigenvalue weighted by Gasteiger charge is 2.24. The lowest BCUT2D eigenvalue weighted by Crippen LogP contribution is -2.48. The molecule has 0 unspecified atom stereocenters. The zero-order valence-electron chi connectivity index (χ0n) is 23.7. The number of rotatable bonds is 9. The molecule has 2 fully saturated rings. The SMILES string of the molecule is NC1CCC(NC(=O)c2cc(F)cnc2Oc2cccc(-c3cccc(CCCN4CCN(C(=O)O)CC4)c3)c2)CC1. The van der Waals surface area contributed by atoms with E-state index in [1.807, 2.05) is 30.3 Å². The van der Waals surface area contributed by atoms with Crippen LogP contribution in [0.1, 0.15) is 48.0 Å². The van der Waals surface area contributed by atoms with Crippen LogP contribution in [0, 0.1) is 5.82 Å². The Morgan fingerprint density at radius 2 is 1.71 bits per heavy atom. The number of carbonyl (C=O) groups is 2. The average Bonchev–Trinajstić information content (AvgIpc) is 3.00. The number of nitrogens with two attached hydrogens (primary N) is 1. The van der Waals surface area contributed by atoms with Crippen molar-refractivity contribution in [1.82, 2.24) is 20.1 Å². The minimum atomic E-state index is -0.846. The monoisotopic (exact) mass is 575 g/mol. The molecular formula is C32H38FN5O4. The van der Waals surface area contributed by atoms with Gasteiger partial charge in [0.1, 0.15) is 17.1 Å². The molecule has 1 aromatic heterocycles. The molecule has 0 bridgehead atoms. The molecule has 0 spiro atoms. The van der Waals surface area contributed by atoms with Gasteiger partial charge in [0, 0.05) is 38.3 Å². The lowest BCUT2D eigenvalue weighted by atomic mass is 9.91. The van der Waals surface area contributed by atoms with Gasteiger partial charge in [0.15, 0.2) is 0 Å². The van der Waals surface area contributed by atoms with Gasteiger partial charge in [0.25, 0.3) is 5.91 Å². The Morgan fingerprint density at radius 3 is 2.45 bits per heavy atom. The molecule has 2 aromatic carbocycles. The van der Waals surface area contributed by atoms with E-state index in [9.17, 15) is 14.0 Å². The number of nitrogens with one attached hydrogen (secondary N) is 1. The third-order valence-electron chi connectivity index (χ3n) is 8.06. The van der Waals surface area contributed by atoms with Crippen molar-refractivity contribution in [2.24, 2.45) is 5.73 Å². The van der Waals surface area contributed by atoms with E-state index in [0.29, 0.717) is 18.8 Å². The maximum Gasteiger partial charge on any atom is 0.407 e. The van der Waals surface area contributed by atoms with Crippen LogP contribution in [0.5, 0.6) is 11.6 Å². The van der Waals surface area contributed by atoms with Gasteiger partial charge in [-0.05, 0) is 80.0 Å². The van der Waals surface area contributed by atoms with E-state index >= 15 is 0 Å². The molecular weight excluding hydrogens is 537 g/mol. The molecule has 4 N–H and O–H groups in total. The second-order valence-electron chi connectivity index (χ2n) is 11.1. The Kier molecular flexibility index (Phi) is 9.66. The van der Waals surface area contributed by atoms with Gasteiger partial charge < -0.3 is 25.8 Å². The number of amides is 2. The van der Waals surface area contributed by atoms with Gasteiger partial charge in [-0.25, -0.2) is 14.2 Å². The molecule has 1 aliphatic carbocycles. The summed E-state index contributed by atoms with van der Waals surface area (Å²) in [4.78, 5) is 32.0. The topological polar surface area (TPSA) is 121 Å². The van der Waals surface area contributed by atoms with Gasteiger partial charge in [-0.3, -0.25) is 9.69 Å². The summed E-state index contributed by atoms with van der Waals surface area (Å²) in [5.41, 5.74) is 9.24. The maximum atomic E-state index is 14.1. The smallest absolute Gasteiger partial charge is 0.407 e. The Balaban J connectivity index is 1.21. The van der Waals surface area contributed by atoms with Gasteiger partial charge in [0.2, 0.25) is 5.88 Å². The van der Waals surface area contributed by atoms with E-state index in [1.54, 1.807) is 6.07 Å². The van der Waals surface area contributed by atoms with Crippen LogP contribution in [0.4, 0.5) is 9.18 Å². The predicted molar refractivity (Wildman–Crippen MR) is 158 cm³/mol. The zero-order chi connectivity index (χ0) is 29.5. The number of ether oxygens (including phenoxy) is 1. The number of halogens is 1. The van der Waals surface area contributed by atoms with Crippen molar-refractivity contribution in [3.05, 3.63) is 77.7 Å². The fourth-order valence-electron chi connectivity index (χ4n) is 5.62. The third kappa shape index (κ3) is 7.83. The minimum absolute atomic E-state index is 0.00817. The van der Waals surface area contributed by atoms with Crippen LogP contribution in [0.15, 0.2) is 60.8 Å². The number of aromatic nitrogens is 1.